The van der Waals surface area contributed by atoms with Crippen LogP contribution in [0.2, 0.25) is 0 Å². The van der Waals surface area contributed by atoms with Crippen molar-refractivity contribution < 1.29 is 4.74 Å². The molecule has 0 aromatic carbocycles. The predicted molar refractivity (Wildman–Crippen MR) is 143 cm³/mol. The van der Waals surface area contributed by atoms with E-state index >= 15 is 0 Å². The van der Waals surface area contributed by atoms with Gasteiger partial charge in [-0.15, -0.1) is 24.8 Å². The van der Waals surface area contributed by atoms with Crippen molar-refractivity contribution >= 4 is 36.0 Å². The number of aryl methyl sites for hydroxylation is 2. The lowest BCUT2D eigenvalue weighted by atomic mass is 10.0. The summed E-state index contributed by atoms with van der Waals surface area (Å²) in [4.78, 5) is 36.3. The van der Waals surface area contributed by atoms with Gasteiger partial charge in [0.2, 0.25) is 0 Å². The number of nitrogens with zero attached hydrogens (tertiary/aromatic N) is 5. The van der Waals surface area contributed by atoms with Crippen LogP contribution >= 0.6 is 24.8 Å². The fourth-order valence-electron chi connectivity index (χ4n) is 5.62. The smallest absolute Gasteiger partial charge is 0.270 e. The average Bonchev–Trinajstić information content (AvgIpc) is 2.87. The molecule has 9 nitrogen and oxygen atoms in total. The van der Waals surface area contributed by atoms with Crippen molar-refractivity contribution in [3.05, 3.63) is 62.6 Å². The molecule has 1 saturated heterocycles. The van der Waals surface area contributed by atoms with Crippen LogP contribution in [0, 0.1) is 0 Å². The van der Waals surface area contributed by atoms with Crippen molar-refractivity contribution in [2.45, 2.75) is 57.3 Å². The Bertz CT molecular complexity index is 1330. The zero-order valence-corrected chi connectivity index (χ0v) is 21.7. The number of likely N-dealkylation sites (tertiary alicyclic amines) is 1. The van der Waals surface area contributed by atoms with Gasteiger partial charge in [-0.25, -0.2) is 4.98 Å². The summed E-state index contributed by atoms with van der Waals surface area (Å²) in [6.07, 6.45) is 8.27. The lowest BCUT2D eigenvalue weighted by Crippen LogP contribution is -2.46. The minimum Gasteiger partial charge on any atom is -0.492 e. The van der Waals surface area contributed by atoms with Gasteiger partial charge in [0.05, 0.1) is 30.7 Å². The average molecular weight is 535 g/mol. The predicted octanol–water partition coefficient (Wildman–Crippen LogP) is 2.32. The summed E-state index contributed by atoms with van der Waals surface area (Å²) in [7, 11) is 0. The molecule has 194 valence electrons. The second-order valence-corrected chi connectivity index (χ2v) is 9.63. The molecular weight excluding hydrogens is 503 g/mol. The number of pyridine rings is 2. The maximum Gasteiger partial charge on any atom is 0.270 e. The zero-order chi connectivity index (χ0) is 23.1. The first-order valence-electron chi connectivity index (χ1n) is 12.3. The van der Waals surface area contributed by atoms with Crippen LogP contribution in [0.4, 0.5) is 0 Å². The van der Waals surface area contributed by atoms with Crippen LogP contribution in [0.5, 0.6) is 5.75 Å². The van der Waals surface area contributed by atoms with Gasteiger partial charge in [0, 0.05) is 31.7 Å². The minimum absolute atomic E-state index is 0. The summed E-state index contributed by atoms with van der Waals surface area (Å²) in [5.41, 5.74) is 3.51. The number of nitrogens with one attached hydrogen (secondary N) is 1. The molecule has 3 aliphatic rings. The van der Waals surface area contributed by atoms with Crippen molar-refractivity contribution in [1.29, 1.82) is 0 Å². The van der Waals surface area contributed by atoms with E-state index in [1.165, 1.54) is 11.8 Å². The molecule has 1 atom stereocenters. The van der Waals surface area contributed by atoms with Crippen molar-refractivity contribution in [3.8, 4) is 5.75 Å². The van der Waals surface area contributed by atoms with Crippen molar-refractivity contribution in [2.75, 3.05) is 26.2 Å². The van der Waals surface area contributed by atoms with Crippen LogP contribution in [0.15, 0.2) is 40.2 Å². The van der Waals surface area contributed by atoms with Gasteiger partial charge in [-0.05, 0) is 62.9 Å². The molecule has 3 aromatic rings. The topological polar surface area (TPSA) is 94.3 Å². The van der Waals surface area contributed by atoms with Gasteiger partial charge < -0.3 is 15.0 Å². The molecule has 3 aliphatic heterocycles. The standard InChI is InChI=1S/C25H30N6O3.2ClH/c32-23-4-3-21-25-30(24(33)15-28-21)10-7-20(31(23)25)16-29-8-5-18(6-9-29)26-13-19-12-17-2-1-11-34-22(17)14-27-19;;/h3-4,12,14-15,18,20,26H,1-2,5-11,13,16H2;2*1H/t20-;;/m0../s1. The van der Waals surface area contributed by atoms with E-state index < -0.39 is 0 Å². The van der Waals surface area contributed by atoms with Crippen molar-refractivity contribution in [2.24, 2.45) is 0 Å². The maximum atomic E-state index is 12.8. The highest BCUT2D eigenvalue weighted by molar-refractivity contribution is 5.85. The molecule has 1 N–H and O–H groups in total. The highest BCUT2D eigenvalue weighted by Gasteiger charge is 2.27. The summed E-state index contributed by atoms with van der Waals surface area (Å²) in [6, 6.07) is 5.99. The van der Waals surface area contributed by atoms with E-state index in [0.29, 0.717) is 23.8 Å². The van der Waals surface area contributed by atoms with Gasteiger partial charge >= 0.3 is 0 Å². The molecule has 6 heterocycles. The Kier molecular flexibility index (Phi) is 8.34. The van der Waals surface area contributed by atoms with Gasteiger partial charge in [0.1, 0.15) is 16.9 Å². The van der Waals surface area contributed by atoms with E-state index in [4.69, 9.17) is 4.74 Å². The number of ether oxygens (including phenoxy) is 1. The summed E-state index contributed by atoms with van der Waals surface area (Å²) < 4.78 is 9.15. The fourth-order valence-corrected chi connectivity index (χ4v) is 5.62. The van der Waals surface area contributed by atoms with E-state index in [9.17, 15) is 9.59 Å². The Balaban J connectivity index is 0.00000152. The molecule has 36 heavy (non-hydrogen) atoms. The van der Waals surface area contributed by atoms with E-state index in [0.717, 1.165) is 76.3 Å². The first-order valence-corrected chi connectivity index (χ1v) is 12.3. The van der Waals surface area contributed by atoms with Crippen molar-refractivity contribution in [1.82, 2.24) is 29.3 Å². The molecule has 0 spiro atoms. The molecule has 11 heteroatoms. The lowest BCUT2D eigenvalue weighted by molar-refractivity contribution is 0.163. The van der Waals surface area contributed by atoms with E-state index in [1.807, 2.05) is 6.20 Å². The first-order chi connectivity index (χ1) is 16.7. The highest BCUT2D eigenvalue weighted by Crippen LogP contribution is 2.26. The van der Waals surface area contributed by atoms with Crippen LogP contribution in [0.1, 0.15) is 43.0 Å². The molecule has 0 unspecified atom stereocenters. The normalized spacial score (nSPS) is 19.6. The van der Waals surface area contributed by atoms with Crippen molar-refractivity contribution in [3.63, 3.8) is 0 Å². The summed E-state index contributed by atoms with van der Waals surface area (Å²) in [5.74, 6) is 0.934. The molecule has 0 amide bonds. The molecular formula is C25H32Cl2N6O3. The molecule has 0 saturated carbocycles. The summed E-state index contributed by atoms with van der Waals surface area (Å²) >= 11 is 0. The van der Waals surface area contributed by atoms with Gasteiger partial charge in [-0.3, -0.25) is 23.7 Å². The number of hydrogen-bond donors (Lipinski definition) is 1. The van der Waals surface area contributed by atoms with Crippen LogP contribution in [0.25, 0.3) is 11.2 Å². The number of hydrogen-bond acceptors (Lipinski definition) is 7. The number of fused-ring (bicyclic) bond motifs is 1. The second-order valence-electron chi connectivity index (χ2n) is 9.63. The summed E-state index contributed by atoms with van der Waals surface area (Å²) in [6.45, 7) is 4.99. The van der Waals surface area contributed by atoms with Gasteiger partial charge in [-0.2, -0.15) is 0 Å². The van der Waals surface area contributed by atoms with E-state index in [2.05, 4.69) is 26.3 Å². The molecule has 1 fully saturated rings. The monoisotopic (exact) mass is 534 g/mol. The Hall–Kier alpha value is -2.46. The Morgan fingerprint density at radius 1 is 1.00 bits per heavy atom. The maximum absolute atomic E-state index is 12.8. The Labute approximate surface area is 221 Å². The molecule has 6 rings (SSSR count). The van der Waals surface area contributed by atoms with Gasteiger partial charge in [0.25, 0.3) is 11.1 Å². The third-order valence-electron chi connectivity index (χ3n) is 7.45. The third-order valence-corrected chi connectivity index (χ3v) is 7.45. The largest absolute Gasteiger partial charge is 0.492 e. The Morgan fingerprint density at radius 2 is 1.83 bits per heavy atom. The second kappa shape index (κ2) is 11.3. The van der Waals surface area contributed by atoms with E-state index in [-0.39, 0.29) is 42.0 Å². The lowest BCUT2D eigenvalue weighted by Gasteiger charge is -2.36. The highest BCUT2D eigenvalue weighted by atomic mass is 35.5. The van der Waals surface area contributed by atoms with Crippen LogP contribution in [0.3, 0.4) is 0 Å². The minimum atomic E-state index is -0.141. The molecule has 0 radical (unpaired) electrons. The SMILES string of the molecule is Cl.Cl.O=c1cnc2ccc(=O)n3c2n1CC[C@H]3CN1CCC(NCc2cc3c(cn2)OCCC3)CC1. The molecule has 3 aromatic heterocycles. The number of piperidine rings is 1. The molecule has 0 bridgehead atoms. The van der Waals surface area contributed by atoms with Gasteiger partial charge in [-0.1, -0.05) is 0 Å². The van der Waals surface area contributed by atoms with Crippen LogP contribution in [-0.2, 0) is 19.5 Å². The fraction of sp³-hybridized carbons (Fsp3) is 0.520. The first kappa shape index (κ1) is 26.6. The van der Waals surface area contributed by atoms with Crippen LogP contribution in [-0.4, -0.2) is 56.3 Å². The van der Waals surface area contributed by atoms with Gasteiger partial charge in [0.15, 0.2) is 0 Å². The Morgan fingerprint density at radius 3 is 2.67 bits per heavy atom. The number of rotatable bonds is 5. The quantitative estimate of drug-likeness (QED) is 0.536. The number of halogens is 2. The zero-order valence-electron chi connectivity index (χ0n) is 20.1. The summed E-state index contributed by atoms with van der Waals surface area (Å²) in [5, 5.41) is 3.68. The third kappa shape index (κ3) is 5.16. The van der Waals surface area contributed by atoms with Crippen LogP contribution < -0.4 is 21.2 Å². The van der Waals surface area contributed by atoms with E-state index in [1.54, 1.807) is 21.3 Å². The molecule has 0 aliphatic carbocycles. The number of aromatic nitrogens is 4.